The molecule has 0 bridgehead atoms. The summed E-state index contributed by atoms with van der Waals surface area (Å²) in [6, 6.07) is 0. The predicted octanol–water partition coefficient (Wildman–Crippen LogP) is 2.10. The lowest BCUT2D eigenvalue weighted by Gasteiger charge is -2.27. The average molecular weight is 263 g/mol. The highest BCUT2D eigenvalue weighted by Gasteiger charge is 2.61. The molecule has 8 heteroatoms. The average Bonchev–Trinajstić information content (AvgIpc) is 2.16. The minimum atomic E-state index is -5.66. The molecule has 0 aliphatic heterocycles. The van der Waals surface area contributed by atoms with E-state index < -0.39 is 43.4 Å². The minimum absolute atomic E-state index is 0.0434. The van der Waals surface area contributed by atoms with Gasteiger partial charge in [0.05, 0.1) is 6.61 Å². The van der Waals surface area contributed by atoms with E-state index in [4.69, 9.17) is 5.73 Å². The van der Waals surface area contributed by atoms with Crippen LogP contribution in [-0.2, 0) is 9.53 Å². The van der Waals surface area contributed by atoms with Crippen molar-refractivity contribution in [3.63, 3.8) is 0 Å². The first-order valence-corrected chi connectivity index (χ1v) is 4.97. The summed E-state index contributed by atoms with van der Waals surface area (Å²) in [5.74, 6) is -7.83. The highest BCUT2D eigenvalue weighted by atomic mass is 19.4. The van der Waals surface area contributed by atoms with Crippen LogP contribution < -0.4 is 5.73 Å². The molecule has 0 aliphatic rings. The fourth-order valence-electron chi connectivity index (χ4n) is 1.20. The highest BCUT2D eigenvalue weighted by molar-refractivity contribution is 5.69. The van der Waals surface area contributed by atoms with E-state index in [0.717, 1.165) is 0 Å². The summed E-state index contributed by atoms with van der Waals surface area (Å²) in [5.41, 5.74) is 4.88. The van der Waals surface area contributed by atoms with Crippen LogP contribution in [0.5, 0.6) is 0 Å². The Bertz CT molecular complexity index is 254. The number of rotatable bonds is 6. The number of nitrogens with two attached hydrogens (primary N) is 1. The molecule has 1 unspecified atom stereocenters. The zero-order chi connectivity index (χ0) is 13.7. The first-order valence-electron chi connectivity index (χ1n) is 4.97. The molecule has 1 atom stereocenters. The number of carbonyl (C=O) groups is 1. The molecule has 0 aromatic heterocycles. The van der Waals surface area contributed by atoms with Crippen LogP contribution in [0.4, 0.5) is 22.0 Å². The van der Waals surface area contributed by atoms with Gasteiger partial charge in [-0.25, -0.2) is 0 Å². The Hall–Kier alpha value is -0.920. The minimum Gasteiger partial charge on any atom is -0.466 e. The molecule has 17 heavy (non-hydrogen) atoms. The van der Waals surface area contributed by atoms with Crippen LogP contribution in [0.3, 0.4) is 0 Å². The Morgan fingerprint density at radius 3 is 2.18 bits per heavy atom. The van der Waals surface area contributed by atoms with Crippen LogP contribution in [-0.4, -0.2) is 31.2 Å². The van der Waals surface area contributed by atoms with Gasteiger partial charge in [-0.2, -0.15) is 22.0 Å². The van der Waals surface area contributed by atoms with Crippen LogP contribution in [0, 0.1) is 5.92 Å². The number of esters is 1. The molecule has 102 valence electrons. The van der Waals surface area contributed by atoms with Gasteiger partial charge >= 0.3 is 18.1 Å². The fraction of sp³-hybridized carbons (Fsp3) is 0.889. The molecule has 0 saturated carbocycles. The van der Waals surface area contributed by atoms with Crippen molar-refractivity contribution in [2.45, 2.75) is 31.9 Å². The maximum atomic E-state index is 12.9. The van der Waals surface area contributed by atoms with Gasteiger partial charge in [-0.15, -0.1) is 0 Å². The van der Waals surface area contributed by atoms with Gasteiger partial charge < -0.3 is 10.5 Å². The van der Waals surface area contributed by atoms with Gasteiger partial charge in [0.15, 0.2) is 0 Å². The van der Waals surface area contributed by atoms with E-state index in [1.807, 2.05) is 0 Å². The Morgan fingerprint density at radius 1 is 1.29 bits per heavy atom. The quantitative estimate of drug-likeness (QED) is 0.589. The second-order valence-corrected chi connectivity index (χ2v) is 3.40. The van der Waals surface area contributed by atoms with Gasteiger partial charge in [0.2, 0.25) is 0 Å². The third kappa shape index (κ3) is 4.45. The van der Waals surface area contributed by atoms with Gasteiger partial charge in [0.1, 0.15) is 0 Å². The molecule has 0 radical (unpaired) electrons. The Labute approximate surface area is 95.1 Å². The van der Waals surface area contributed by atoms with Crippen molar-refractivity contribution in [2.24, 2.45) is 11.7 Å². The van der Waals surface area contributed by atoms with Crippen LogP contribution in [0.1, 0.15) is 19.8 Å². The molecule has 0 rings (SSSR count). The molecule has 0 spiro atoms. The van der Waals surface area contributed by atoms with Crippen LogP contribution in [0.15, 0.2) is 0 Å². The van der Waals surface area contributed by atoms with Crippen molar-refractivity contribution in [3.05, 3.63) is 0 Å². The van der Waals surface area contributed by atoms with Gasteiger partial charge in [0.25, 0.3) is 0 Å². The summed E-state index contributed by atoms with van der Waals surface area (Å²) < 4.78 is 66.2. The van der Waals surface area contributed by atoms with Crippen LogP contribution in [0.25, 0.3) is 0 Å². The summed E-state index contributed by atoms with van der Waals surface area (Å²) in [7, 11) is 0. The zero-order valence-electron chi connectivity index (χ0n) is 9.19. The number of halogens is 5. The third-order valence-corrected chi connectivity index (χ3v) is 2.18. The first-order chi connectivity index (χ1) is 7.66. The SMILES string of the molecule is CCOC(=O)CCC(CN)C(F)(F)C(F)(F)F. The molecule has 0 amide bonds. The maximum Gasteiger partial charge on any atom is 0.453 e. The number of hydrogen-bond acceptors (Lipinski definition) is 3. The Balaban J connectivity index is 4.48. The predicted molar refractivity (Wildman–Crippen MR) is 49.4 cm³/mol. The standard InChI is InChI=1S/C9H14F5NO2/c1-2-17-7(16)4-3-6(5-15)8(10,11)9(12,13)14/h6H,2-5,15H2,1H3. The summed E-state index contributed by atoms with van der Waals surface area (Å²) in [5, 5.41) is 0. The molecular formula is C9H14F5NO2. The van der Waals surface area contributed by atoms with Crippen molar-refractivity contribution >= 4 is 5.97 Å². The normalized spacial score (nSPS) is 14.5. The first kappa shape index (κ1) is 16.1. The van der Waals surface area contributed by atoms with E-state index in [2.05, 4.69) is 4.74 Å². The highest BCUT2D eigenvalue weighted by Crippen LogP contribution is 2.42. The zero-order valence-corrected chi connectivity index (χ0v) is 9.19. The molecular weight excluding hydrogens is 249 g/mol. The van der Waals surface area contributed by atoms with E-state index in [1.54, 1.807) is 0 Å². The van der Waals surface area contributed by atoms with E-state index in [9.17, 15) is 26.7 Å². The second-order valence-electron chi connectivity index (χ2n) is 3.40. The van der Waals surface area contributed by atoms with Crippen molar-refractivity contribution in [2.75, 3.05) is 13.2 Å². The summed E-state index contributed by atoms with van der Waals surface area (Å²) in [6.07, 6.45) is -6.84. The molecule has 0 fully saturated rings. The lowest BCUT2D eigenvalue weighted by molar-refractivity contribution is -0.302. The van der Waals surface area contributed by atoms with E-state index in [0.29, 0.717) is 0 Å². The van der Waals surface area contributed by atoms with Crippen molar-refractivity contribution in [3.8, 4) is 0 Å². The largest absolute Gasteiger partial charge is 0.466 e. The van der Waals surface area contributed by atoms with E-state index in [1.165, 1.54) is 6.92 Å². The topological polar surface area (TPSA) is 52.3 Å². The van der Waals surface area contributed by atoms with Crippen LogP contribution in [0.2, 0.25) is 0 Å². The fourth-order valence-corrected chi connectivity index (χ4v) is 1.20. The van der Waals surface area contributed by atoms with Gasteiger partial charge in [0, 0.05) is 18.9 Å². The van der Waals surface area contributed by atoms with Gasteiger partial charge in [-0.3, -0.25) is 4.79 Å². The number of alkyl halides is 5. The Morgan fingerprint density at radius 2 is 1.82 bits per heavy atom. The smallest absolute Gasteiger partial charge is 0.453 e. The number of carbonyl (C=O) groups excluding carboxylic acids is 1. The lowest BCUT2D eigenvalue weighted by atomic mass is 9.95. The molecule has 2 N–H and O–H groups in total. The lowest BCUT2D eigenvalue weighted by Crippen LogP contribution is -2.46. The van der Waals surface area contributed by atoms with Gasteiger partial charge in [-0.1, -0.05) is 0 Å². The number of ether oxygens (including phenoxy) is 1. The summed E-state index contributed by atoms with van der Waals surface area (Å²) in [4.78, 5) is 10.9. The molecule has 0 heterocycles. The monoisotopic (exact) mass is 263 g/mol. The van der Waals surface area contributed by atoms with Crippen molar-refractivity contribution in [1.29, 1.82) is 0 Å². The molecule has 0 saturated heterocycles. The van der Waals surface area contributed by atoms with E-state index in [-0.39, 0.29) is 6.61 Å². The Kier molecular flexibility index (Phi) is 5.80. The maximum absolute atomic E-state index is 12.9. The number of hydrogen-bond donors (Lipinski definition) is 1. The summed E-state index contributed by atoms with van der Waals surface area (Å²) in [6.45, 7) is 0.691. The molecule has 0 aliphatic carbocycles. The van der Waals surface area contributed by atoms with Gasteiger partial charge in [-0.05, 0) is 13.3 Å². The van der Waals surface area contributed by atoms with Crippen molar-refractivity contribution in [1.82, 2.24) is 0 Å². The summed E-state index contributed by atoms with van der Waals surface area (Å²) >= 11 is 0. The third-order valence-electron chi connectivity index (χ3n) is 2.18. The molecule has 0 aromatic rings. The van der Waals surface area contributed by atoms with Crippen molar-refractivity contribution < 1.29 is 31.5 Å². The van der Waals surface area contributed by atoms with E-state index >= 15 is 0 Å². The molecule has 3 nitrogen and oxygen atoms in total. The van der Waals surface area contributed by atoms with Crippen LogP contribution >= 0.6 is 0 Å². The molecule has 0 aromatic carbocycles. The second kappa shape index (κ2) is 6.13.